The van der Waals surface area contributed by atoms with E-state index in [1.807, 2.05) is 27.7 Å². The van der Waals surface area contributed by atoms with Crippen LogP contribution in [0, 0.1) is 5.41 Å². The van der Waals surface area contributed by atoms with Gasteiger partial charge >= 0.3 is 21.3 Å². The first-order valence-electron chi connectivity index (χ1n) is 9.54. The number of carbonyl (C=O) groups is 2. The van der Waals surface area contributed by atoms with Crippen molar-refractivity contribution < 1.29 is 28.3 Å². The normalized spacial score (nSPS) is 12.3. The summed E-state index contributed by atoms with van der Waals surface area (Å²) in [5.41, 5.74) is -1.25. The standard InChI is InChI=1S/C18H37N2O6Si/c1-7-25-27(26-8-2)14-12-20-16(23)19-11-9-18(5,6)24-13-10-17(3,4)15(21)22/h7-14H2,1-6H3,(H,21,22)(H2,19,20,23). The molecule has 0 rings (SSSR count). The zero-order chi connectivity index (χ0) is 20.9. The zero-order valence-electron chi connectivity index (χ0n) is 17.6. The maximum atomic E-state index is 11.8. The molecule has 27 heavy (non-hydrogen) atoms. The van der Waals surface area contributed by atoms with Crippen LogP contribution >= 0.6 is 0 Å². The fourth-order valence-electron chi connectivity index (χ4n) is 2.09. The van der Waals surface area contributed by atoms with Crippen molar-refractivity contribution >= 4 is 21.3 Å². The van der Waals surface area contributed by atoms with Gasteiger partial charge in [0.05, 0.1) is 11.0 Å². The molecule has 0 atom stereocenters. The summed E-state index contributed by atoms with van der Waals surface area (Å²) in [7, 11) is -1.32. The Labute approximate surface area is 165 Å². The number of aliphatic carboxylic acids is 1. The molecule has 9 heteroatoms. The quantitative estimate of drug-likeness (QED) is 0.362. The number of carbonyl (C=O) groups excluding carboxylic acids is 1. The average Bonchev–Trinajstić information content (AvgIpc) is 2.54. The van der Waals surface area contributed by atoms with Gasteiger partial charge < -0.3 is 29.3 Å². The van der Waals surface area contributed by atoms with Crippen LogP contribution in [0.15, 0.2) is 0 Å². The van der Waals surface area contributed by atoms with E-state index in [0.29, 0.717) is 51.8 Å². The summed E-state index contributed by atoms with van der Waals surface area (Å²) in [6.07, 6.45) is 1.06. The molecule has 0 aliphatic heterocycles. The van der Waals surface area contributed by atoms with Gasteiger partial charge in [-0.25, -0.2) is 4.79 Å². The number of nitrogens with one attached hydrogen (secondary N) is 2. The molecule has 0 aromatic rings. The van der Waals surface area contributed by atoms with Crippen LogP contribution in [0.3, 0.4) is 0 Å². The minimum atomic E-state index is -1.32. The molecule has 0 heterocycles. The first kappa shape index (κ1) is 25.8. The lowest BCUT2D eigenvalue weighted by Gasteiger charge is -2.27. The van der Waals surface area contributed by atoms with Gasteiger partial charge in [0.25, 0.3) is 0 Å². The monoisotopic (exact) mass is 405 g/mol. The number of carboxylic acid groups (broad SMARTS) is 1. The van der Waals surface area contributed by atoms with Crippen molar-refractivity contribution in [1.82, 2.24) is 10.6 Å². The molecule has 3 N–H and O–H groups in total. The van der Waals surface area contributed by atoms with E-state index in [1.54, 1.807) is 13.8 Å². The van der Waals surface area contributed by atoms with E-state index < -0.39 is 26.3 Å². The Balaban J connectivity index is 3.98. The number of urea groups is 1. The van der Waals surface area contributed by atoms with Crippen molar-refractivity contribution in [3.8, 4) is 0 Å². The fraction of sp³-hybridized carbons (Fsp3) is 0.889. The van der Waals surface area contributed by atoms with Gasteiger partial charge in [0.2, 0.25) is 0 Å². The Morgan fingerprint density at radius 1 is 0.963 bits per heavy atom. The van der Waals surface area contributed by atoms with Gasteiger partial charge in [0.1, 0.15) is 0 Å². The van der Waals surface area contributed by atoms with E-state index in [1.165, 1.54) is 0 Å². The van der Waals surface area contributed by atoms with Crippen molar-refractivity contribution in [3.63, 3.8) is 0 Å². The second-order valence-corrected chi connectivity index (χ2v) is 9.29. The van der Waals surface area contributed by atoms with Crippen LogP contribution in [0.25, 0.3) is 0 Å². The summed E-state index contributed by atoms with van der Waals surface area (Å²) < 4.78 is 16.8. The number of ether oxygens (including phenoxy) is 1. The fourth-order valence-corrected chi connectivity index (χ4v) is 3.43. The molecule has 8 nitrogen and oxygen atoms in total. The van der Waals surface area contributed by atoms with Gasteiger partial charge in [0, 0.05) is 39.0 Å². The van der Waals surface area contributed by atoms with Crippen LogP contribution in [0.2, 0.25) is 6.04 Å². The molecule has 2 amide bonds. The SMILES string of the molecule is CCO[Si](CCNC(=O)NCCC(C)(C)OCCC(C)(C)C(=O)O)OCC. The third-order valence-electron chi connectivity index (χ3n) is 4.04. The predicted octanol–water partition coefficient (Wildman–Crippen LogP) is 2.53. The highest BCUT2D eigenvalue weighted by Crippen LogP contribution is 2.22. The highest BCUT2D eigenvalue weighted by molar-refractivity contribution is 6.44. The summed E-state index contributed by atoms with van der Waals surface area (Å²) in [5.74, 6) is -0.833. The maximum Gasteiger partial charge on any atom is 0.386 e. The van der Waals surface area contributed by atoms with Crippen LogP contribution in [0.4, 0.5) is 4.79 Å². The molecule has 0 aliphatic rings. The highest BCUT2D eigenvalue weighted by Gasteiger charge is 2.28. The number of carboxylic acids is 1. The summed E-state index contributed by atoms with van der Waals surface area (Å²) in [6, 6.07) is 0.459. The van der Waals surface area contributed by atoms with E-state index in [2.05, 4.69) is 10.6 Å². The maximum absolute atomic E-state index is 11.8. The molecule has 0 saturated heterocycles. The van der Waals surface area contributed by atoms with Crippen molar-refractivity contribution in [2.45, 2.75) is 66.0 Å². The van der Waals surface area contributed by atoms with Crippen molar-refractivity contribution in [3.05, 3.63) is 0 Å². The molecule has 0 aliphatic carbocycles. The largest absolute Gasteiger partial charge is 0.481 e. The van der Waals surface area contributed by atoms with Crippen molar-refractivity contribution in [2.75, 3.05) is 32.9 Å². The van der Waals surface area contributed by atoms with Crippen molar-refractivity contribution in [2.24, 2.45) is 5.41 Å². The summed E-state index contributed by atoms with van der Waals surface area (Å²) in [6.45, 7) is 13.6. The van der Waals surface area contributed by atoms with Crippen LogP contribution < -0.4 is 10.6 Å². The summed E-state index contributed by atoms with van der Waals surface area (Å²) >= 11 is 0. The van der Waals surface area contributed by atoms with Gasteiger partial charge in [-0.1, -0.05) is 0 Å². The van der Waals surface area contributed by atoms with Gasteiger partial charge in [0.15, 0.2) is 0 Å². The Hall–Kier alpha value is -1.16. The van der Waals surface area contributed by atoms with E-state index in [-0.39, 0.29) is 6.03 Å². The number of hydrogen-bond acceptors (Lipinski definition) is 5. The van der Waals surface area contributed by atoms with Crippen molar-refractivity contribution in [1.29, 1.82) is 0 Å². The van der Waals surface area contributed by atoms with Gasteiger partial charge in [-0.05, 0) is 54.4 Å². The third-order valence-corrected chi connectivity index (χ3v) is 5.92. The molecule has 0 saturated carbocycles. The molecule has 0 aromatic carbocycles. The molecule has 0 spiro atoms. The lowest BCUT2D eigenvalue weighted by molar-refractivity contribution is -0.149. The first-order chi connectivity index (χ1) is 12.5. The van der Waals surface area contributed by atoms with Crippen LogP contribution in [-0.4, -0.2) is 64.9 Å². The first-order valence-corrected chi connectivity index (χ1v) is 11.1. The molecular formula is C18H37N2O6Si. The number of hydrogen-bond donors (Lipinski definition) is 3. The Bertz CT molecular complexity index is 440. The minimum Gasteiger partial charge on any atom is -0.481 e. The summed E-state index contributed by atoms with van der Waals surface area (Å²) in [4.78, 5) is 22.9. The molecule has 0 bridgehead atoms. The van der Waals surface area contributed by atoms with Crippen LogP contribution in [0.1, 0.15) is 54.4 Å². The number of amides is 2. The summed E-state index contributed by atoms with van der Waals surface area (Å²) in [5, 5.41) is 14.7. The topological polar surface area (TPSA) is 106 Å². The van der Waals surface area contributed by atoms with Crippen LogP contribution in [-0.2, 0) is 18.4 Å². The Morgan fingerprint density at radius 2 is 1.52 bits per heavy atom. The Morgan fingerprint density at radius 3 is 2.04 bits per heavy atom. The molecule has 1 radical (unpaired) electrons. The zero-order valence-corrected chi connectivity index (χ0v) is 18.6. The number of rotatable bonds is 15. The molecule has 0 fully saturated rings. The molecule has 159 valence electrons. The second-order valence-electron chi connectivity index (χ2n) is 7.47. The van der Waals surface area contributed by atoms with Gasteiger partial charge in [-0.2, -0.15) is 0 Å². The molecule has 0 aromatic heterocycles. The Kier molecular flexibility index (Phi) is 12.5. The predicted molar refractivity (Wildman–Crippen MR) is 106 cm³/mol. The second kappa shape index (κ2) is 13.1. The molecular weight excluding hydrogens is 368 g/mol. The van der Waals surface area contributed by atoms with Gasteiger partial charge in [-0.15, -0.1) is 0 Å². The third kappa shape index (κ3) is 12.8. The van der Waals surface area contributed by atoms with Crippen LogP contribution in [0.5, 0.6) is 0 Å². The average molecular weight is 406 g/mol. The lowest BCUT2D eigenvalue weighted by Crippen LogP contribution is -2.40. The van der Waals surface area contributed by atoms with Gasteiger partial charge in [-0.3, -0.25) is 4.79 Å². The smallest absolute Gasteiger partial charge is 0.386 e. The minimum absolute atomic E-state index is 0.229. The van der Waals surface area contributed by atoms with E-state index in [9.17, 15) is 9.59 Å². The van der Waals surface area contributed by atoms with E-state index in [4.69, 9.17) is 18.7 Å². The van der Waals surface area contributed by atoms with E-state index in [0.717, 1.165) is 0 Å². The molecule has 0 unspecified atom stereocenters. The van der Waals surface area contributed by atoms with E-state index >= 15 is 0 Å². The lowest BCUT2D eigenvalue weighted by atomic mass is 9.90. The highest BCUT2D eigenvalue weighted by atomic mass is 28.3.